The van der Waals surface area contributed by atoms with Crippen molar-refractivity contribution in [2.75, 3.05) is 0 Å². The van der Waals surface area contributed by atoms with E-state index in [1.165, 1.54) is 6.92 Å². The van der Waals surface area contributed by atoms with Gasteiger partial charge in [-0.2, -0.15) is 13.7 Å². The van der Waals surface area contributed by atoms with Gasteiger partial charge in [0.25, 0.3) is 8.54 Å². The highest BCUT2D eigenvalue weighted by atomic mass is 32.2. The van der Waals surface area contributed by atoms with E-state index in [1.54, 1.807) is 6.20 Å². The van der Waals surface area contributed by atoms with Crippen molar-refractivity contribution in [2.45, 2.75) is 66.1 Å². The molecule has 0 saturated heterocycles. The number of nitrogens with zero attached hydrogens (tertiary/aromatic N) is 3. The van der Waals surface area contributed by atoms with Crippen molar-refractivity contribution >= 4 is 31.8 Å². The monoisotopic (exact) mass is 476 g/mol. The van der Waals surface area contributed by atoms with Gasteiger partial charge in [-0.25, -0.2) is 4.72 Å². The number of nitriles is 1. The Balaban J connectivity index is 2.50. The third kappa shape index (κ3) is 7.33. The highest BCUT2D eigenvalue weighted by Gasteiger charge is 2.20. The standard InChI is InChI=1S/C24H31F2N4PS/c1-6-16(3)11-22(23(13-27)21-12-19(7-2)14-28-17(21)4)24-10-8-9-20(15-29-24)32-30-18(5)31(25)26/h8-9,12,14-16,18,30H,6-7,10-11H2,1-5H3/b23-22+. The van der Waals surface area contributed by atoms with Crippen LogP contribution >= 0.6 is 20.5 Å². The van der Waals surface area contributed by atoms with Crippen LogP contribution in [0.15, 0.2) is 46.1 Å². The van der Waals surface area contributed by atoms with Gasteiger partial charge in [-0.1, -0.05) is 33.3 Å². The second kappa shape index (κ2) is 13.0. The summed E-state index contributed by atoms with van der Waals surface area (Å²) in [5, 5.41) is 10.2. The minimum atomic E-state index is -3.04. The van der Waals surface area contributed by atoms with E-state index >= 15 is 0 Å². The number of aryl methyl sites for hydroxylation is 2. The lowest BCUT2D eigenvalue weighted by molar-refractivity contribution is 0.565. The van der Waals surface area contributed by atoms with Gasteiger partial charge in [-0.15, -0.1) is 0 Å². The predicted molar refractivity (Wildman–Crippen MR) is 134 cm³/mol. The summed E-state index contributed by atoms with van der Waals surface area (Å²) in [5.41, 5.74) is 5.15. The Morgan fingerprint density at radius 2 is 2.09 bits per heavy atom. The number of pyridine rings is 1. The van der Waals surface area contributed by atoms with Crippen LogP contribution in [-0.2, 0) is 6.42 Å². The first kappa shape index (κ1) is 26.4. The molecular weight excluding hydrogens is 445 g/mol. The Bertz CT molecular complexity index is 963. The maximum atomic E-state index is 12.8. The summed E-state index contributed by atoms with van der Waals surface area (Å²) in [7, 11) is -3.04. The van der Waals surface area contributed by atoms with Gasteiger partial charge in [0, 0.05) is 40.7 Å². The van der Waals surface area contributed by atoms with Crippen LogP contribution in [0.3, 0.4) is 0 Å². The predicted octanol–water partition coefficient (Wildman–Crippen LogP) is 7.74. The average molecular weight is 477 g/mol. The van der Waals surface area contributed by atoms with Crippen molar-refractivity contribution in [3.05, 3.63) is 57.9 Å². The largest absolute Gasteiger partial charge is 0.284 e. The fraction of sp³-hybridized carbons (Fsp3) is 0.458. The Morgan fingerprint density at radius 1 is 1.34 bits per heavy atom. The van der Waals surface area contributed by atoms with Crippen LogP contribution in [0.5, 0.6) is 0 Å². The number of hydrogen-bond donors (Lipinski definition) is 1. The van der Waals surface area contributed by atoms with E-state index in [-0.39, 0.29) is 0 Å². The van der Waals surface area contributed by atoms with E-state index in [0.29, 0.717) is 17.9 Å². The average Bonchev–Trinajstić information content (AvgIpc) is 3.03. The second-order valence-electron chi connectivity index (χ2n) is 7.88. The highest BCUT2D eigenvalue weighted by Crippen LogP contribution is 2.43. The fourth-order valence-electron chi connectivity index (χ4n) is 3.15. The molecule has 0 saturated carbocycles. The Labute approximate surface area is 196 Å². The molecule has 2 unspecified atom stereocenters. The SMILES string of the molecule is CCc1cnc(C)c(/C(C#N)=C(\CC(C)CC)C2=NC=C(SNC(C)P(F)F)C=CC2)c1. The van der Waals surface area contributed by atoms with Gasteiger partial charge in [-0.3, -0.25) is 9.98 Å². The number of aromatic nitrogens is 1. The minimum absolute atomic E-state index is 0.389. The number of nitrogens with one attached hydrogen (secondary N) is 1. The molecule has 1 aliphatic heterocycles. The maximum absolute atomic E-state index is 12.8. The zero-order chi connectivity index (χ0) is 23.7. The van der Waals surface area contributed by atoms with Crippen molar-refractivity contribution in [2.24, 2.45) is 10.9 Å². The molecule has 1 aliphatic rings. The molecule has 32 heavy (non-hydrogen) atoms. The third-order valence-corrected chi connectivity index (χ3v) is 7.25. The summed E-state index contributed by atoms with van der Waals surface area (Å²) >= 11 is 1.16. The second-order valence-corrected chi connectivity index (χ2v) is 10.1. The van der Waals surface area contributed by atoms with Crippen LogP contribution in [-0.4, -0.2) is 16.5 Å². The first-order chi connectivity index (χ1) is 15.3. The van der Waals surface area contributed by atoms with Gasteiger partial charge in [0.05, 0.1) is 11.4 Å². The van der Waals surface area contributed by atoms with E-state index in [4.69, 9.17) is 4.99 Å². The topological polar surface area (TPSA) is 61.1 Å². The van der Waals surface area contributed by atoms with Crippen molar-refractivity contribution in [3.8, 4) is 6.07 Å². The van der Waals surface area contributed by atoms with Crippen LogP contribution in [0, 0.1) is 24.2 Å². The molecule has 0 bridgehead atoms. The van der Waals surface area contributed by atoms with Crippen LogP contribution in [0.2, 0.25) is 0 Å². The minimum Gasteiger partial charge on any atom is -0.261 e. The first-order valence-electron chi connectivity index (χ1n) is 10.9. The summed E-state index contributed by atoms with van der Waals surface area (Å²) in [4.78, 5) is 9.97. The maximum Gasteiger partial charge on any atom is 0.284 e. The molecule has 1 N–H and O–H groups in total. The quantitative estimate of drug-likeness (QED) is 0.213. The first-order valence-corrected chi connectivity index (χ1v) is 12.9. The van der Waals surface area contributed by atoms with E-state index in [1.807, 2.05) is 25.3 Å². The normalized spacial score (nSPS) is 16.6. The smallest absolute Gasteiger partial charge is 0.261 e. The van der Waals surface area contributed by atoms with E-state index in [9.17, 15) is 13.7 Å². The summed E-state index contributed by atoms with van der Waals surface area (Å²) in [6.45, 7) is 9.78. The van der Waals surface area contributed by atoms with Crippen molar-refractivity contribution in [1.29, 1.82) is 5.26 Å². The van der Waals surface area contributed by atoms with Gasteiger partial charge in [-0.05, 0) is 67.8 Å². The highest BCUT2D eigenvalue weighted by molar-refractivity contribution is 8.01. The molecule has 2 heterocycles. The zero-order valence-electron chi connectivity index (χ0n) is 19.3. The van der Waals surface area contributed by atoms with Gasteiger partial charge < -0.3 is 0 Å². The van der Waals surface area contributed by atoms with Gasteiger partial charge in [0.1, 0.15) is 6.07 Å². The molecule has 4 nitrogen and oxygen atoms in total. The number of hydrogen-bond acceptors (Lipinski definition) is 5. The van der Waals surface area contributed by atoms with Crippen LogP contribution in [0.25, 0.3) is 5.57 Å². The summed E-state index contributed by atoms with van der Waals surface area (Å²) < 4.78 is 28.5. The van der Waals surface area contributed by atoms with Crippen LogP contribution in [0.1, 0.15) is 63.8 Å². The lowest BCUT2D eigenvalue weighted by atomic mass is 9.87. The van der Waals surface area contributed by atoms with Gasteiger partial charge in [0.15, 0.2) is 0 Å². The van der Waals surface area contributed by atoms with Gasteiger partial charge in [0.2, 0.25) is 0 Å². The molecule has 0 aliphatic carbocycles. The number of allylic oxidation sites excluding steroid dienone is 4. The Kier molecular flexibility index (Phi) is 10.7. The molecule has 2 rings (SSSR count). The molecule has 1 aromatic rings. The Morgan fingerprint density at radius 3 is 2.72 bits per heavy atom. The lowest BCUT2D eigenvalue weighted by Crippen LogP contribution is -2.14. The number of rotatable bonds is 10. The van der Waals surface area contributed by atoms with Crippen LogP contribution < -0.4 is 4.72 Å². The molecule has 2 atom stereocenters. The van der Waals surface area contributed by atoms with Crippen molar-refractivity contribution < 1.29 is 8.39 Å². The molecule has 0 fully saturated rings. The van der Waals surface area contributed by atoms with E-state index in [2.05, 4.69) is 42.6 Å². The van der Waals surface area contributed by atoms with Crippen molar-refractivity contribution in [3.63, 3.8) is 0 Å². The summed E-state index contributed by atoms with van der Waals surface area (Å²) in [5.74, 6) is -0.469. The third-order valence-electron chi connectivity index (χ3n) is 5.41. The number of aliphatic imine (C=N–C) groups is 1. The molecule has 1 aromatic heterocycles. The lowest BCUT2D eigenvalue weighted by Gasteiger charge is -2.17. The van der Waals surface area contributed by atoms with E-state index in [0.717, 1.165) is 64.2 Å². The van der Waals surface area contributed by atoms with Crippen molar-refractivity contribution in [1.82, 2.24) is 9.71 Å². The summed E-state index contributed by atoms with van der Waals surface area (Å²) in [6, 6.07) is 4.49. The van der Waals surface area contributed by atoms with Crippen LogP contribution in [0.4, 0.5) is 8.39 Å². The summed E-state index contributed by atoms with van der Waals surface area (Å²) in [6.07, 6.45) is 10.6. The molecule has 8 heteroatoms. The molecule has 0 amide bonds. The molecule has 0 radical (unpaired) electrons. The number of halogens is 2. The molecule has 172 valence electrons. The Hall–Kier alpha value is -1.87. The fourth-order valence-corrected chi connectivity index (χ4v) is 4.20. The molecular formula is C24H31F2N4PS. The van der Waals surface area contributed by atoms with Gasteiger partial charge >= 0.3 is 0 Å². The molecule has 0 spiro atoms. The zero-order valence-corrected chi connectivity index (χ0v) is 21.0. The van der Waals surface area contributed by atoms with E-state index < -0.39 is 14.3 Å². The molecule has 0 aromatic carbocycles.